The van der Waals surface area contributed by atoms with E-state index in [1.54, 1.807) is 0 Å². The highest BCUT2D eigenvalue weighted by atomic mass is 35.5. The molecule has 0 amide bonds. The number of aromatic nitrogens is 2. The molecular formula is C17H24Cl2N4. The third-order valence-electron chi connectivity index (χ3n) is 4.35. The Bertz CT molecular complexity index is 651. The Labute approximate surface area is 149 Å². The van der Waals surface area contributed by atoms with Crippen LogP contribution < -0.4 is 5.32 Å². The first-order valence-corrected chi connectivity index (χ1v) is 8.19. The number of halogens is 2. The van der Waals surface area contributed by atoms with E-state index >= 15 is 0 Å². The lowest BCUT2D eigenvalue weighted by molar-refractivity contribution is 0.199. The Balaban J connectivity index is 0.00000192. The highest BCUT2D eigenvalue weighted by Gasteiger charge is 2.20. The first-order chi connectivity index (χ1) is 10.5. The lowest BCUT2D eigenvalue weighted by Crippen LogP contribution is -2.48. The summed E-state index contributed by atoms with van der Waals surface area (Å²) in [5.74, 6) is 0. The number of hydrogen-bond donors (Lipinski definition) is 1. The predicted octanol–water partition coefficient (Wildman–Crippen LogP) is 3.36. The van der Waals surface area contributed by atoms with Gasteiger partial charge in [-0.3, -0.25) is 4.90 Å². The minimum absolute atomic E-state index is 0. The third kappa shape index (κ3) is 4.07. The van der Waals surface area contributed by atoms with Gasteiger partial charge in [0.05, 0.1) is 11.4 Å². The maximum Gasteiger partial charge on any atom is 0.0649 e. The van der Waals surface area contributed by atoms with Gasteiger partial charge >= 0.3 is 0 Å². The number of nitrogens with zero attached hydrogens (tertiary/aromatic N) is 3. The van der Waals surface area contributed by atoms with Crippen molar-refractivity contribution in [1.82, 2.24) is 20.0 Å². The fraction of sp³-hybridized carbons (Fsp3) is 0.471. The topological polar surface area (TPSA) is 33.1 Å². The molecule has 1 saturated heterocycles. The average molecular weight is 355 g/mol. The molecule has 126 valence electrons. The van der Waals surface area contributed by atoms with E-state index in [1.165, 1.54) is 11.3 Å². The van der Waals surface area contributed by atoms with Crippen LogP contribution in [0.5, 0.6) is 0 Å². The van der Waals surface area contributed by atoms with E-state index in [4.69, 9.17) is 16.7 Å². The molecule has 1 aliphatic heterocycles. The molecule has 0 aliphatic carbocycles. The van der Waals surface area contributed by atoms with E-state index in [0.717, 1.165) is 42.6 Å². The van der Waals surface area contributed by atoms with Gasteiger partial charge in [0.25, 0.3) is 0 Å². The minimum Gasteiger partial charge on any atom is -0.312 e. The van der Waals surface area contributed by atoms with Gasteiger partial charge in [-0.15, -0.1) is 12.4 Å². The van der Waals surface area contributed by atoms with Gasteiger partial charge in [0.2, 0.25) is 0 Å². The molecule has 0 radical (unpaired) electrons. The zero-order valence-corrected chi connectivity index (χ0v) is 15.4. The number of piperazine rings is 1. The molecule has 1 N–H and O–H groups in total. The van der Waals surface area contributed by atoms with Crippen molar-refractivity contribution in [3.63, 3.8) is 0 Å². The van der Waals surface area contributed by atoms with Crippen LogP contribution in [-0.2, 0) is 6.54 Å². The Morgan fingerprint density at radius 3 is 2.61 bits per heavy atom. The molecule has 1 unspecified atom stereocenters. The Morgan fingerprint density at radius 1 is 1.26 bits per heavy atom. The molecule has 1 aromatic carbocycles. The van der Waals surface area contributed by atoms with Gasteiger partial charge in [0.1, 0.15) is 0 Å². The Hall–Kier alpha value is -1.07. The van der Waals surface area contributed by atoms with Crippen LogP contribution in [0.4, 0.5) is 0 Å². The Morgan fingerprint density at radius 2 is 1.96 bits per heavy atom. The number of aryl methyl sites for hydroxylation is 1. The molecule has 0 saturated carbocycles. The second-order valence-corrected chi connectivity index (χ2v) is 6.56. The molecule has 2 heterocycles. The quantitative estimate of drug-likeness (QED) is 0.917. The summed E-state index contributed by atoms with van der Waals surface area (Å²) in [6, 6.07) is 8.40. The van der Waals surface area contributed by atoms with Gasteiger partial charge < -0.3 is 5.32 Å². The van der Waals surface area contributed by atoms with Crippen LogP contribution in [0.25, 0.3) is 5.69 Å². The van der Waals surface area contributed by atoms with Crippen LogP contribution in [0, 0.1) is 13.8 Å². The minimum atomic E-state index is 0. The maximum absolute atomic E-state index is 5.98. The molecule has 1 fully saturated rings. The lowest BCUT2D eigenvalue weighted by atomic mass is 10.1. The SMILES string of the molecule is Cc1nn(-c2ccc(Cl)cc2)c(C)c1CN1CCNC(C)C1.Cl. The van der Waals surface area contributed by atoms with Crippen molar-refractivity contribution >= 4 is 24.0 Å². The fourth-order valence-corrected chi connectivity index (χ4v) is 3.24. The normalized spacial score (nSPS) is 18.7. The van der Waals surface area contributed by atoms with Crippen LogP contribution >= 0.6 is 24.0 Å². The van der Waals surface area contributed by atoms with Gasteiger partial charge in [-0.1, -0.05) is 11.6 Å². The average Bonchev–Trinajstić information content (AvgIpc) is 2.76. The number of rotatable bonds is 3. The molecular weight excluding hydrogens is 331 g/mol. The summed E-state index contributed by atoms with van der Waals surface area (Å²) >= 11 is 5.98. The second kappa shape index (κ2) is 7.67. The molecule has 4 nitrogen and oxygen atoms in total. The lowest BCUT2D eigenvalue weighted by Gasteiger charge is -2.31. The van der Waals surface area contributed by atoms with E-state index in [-0.39, 0.29) is 12.4 Å². The van der Waals surface area contributed by atoms with Gasteiger partial charge in [-0.25, -0.2) is 4.68 Å². The summed E-state index contributed by atoms with van der Waals surface area (Å²) in [5.41, 5.74) is 4.72. The Kier molecular flexibility index (Phi) is 6.09. The summed E-state index contributed by atoms with van der Waals surface area (Å²) in [6.45, 7) is 10.7. The second-order valence-electron chi connectivity index (χ2n) is 6.13. The van der Waals surface area contributed by atoms with E-state index in [1.807, 2.05) is 28.9 Å². The summed E-state index contributed by atoms with van der Waals surface area (Å²) in [7, 11) is 0. The predicted molar refractivity (Wildman–Crippen MR) is 98.0 cm³/mol. The molecule has 2 aromatic rings. The number of hydrogen-bond acceptors (Lipinski definition) is 3. The maximum atomic E-state index is 5.98. The molecule has 3 rings (SSSR count). The monoisotopic (exact) mass is 354 g/mol. The zero-order chi connectivity index (χ0) is 15.7. The van der Waals surface area contributed by atoms with Crippen molar-refractivity contribution in [2.45, 2.75) is 33.4 Å². The first kappa shape index (κ1) is 18.3. The van der Waals surface area contributed by atoms with E-state index in [2.05, 4.69) is 31.0 Å². The van der Waals surface area contributed by atoms with Gasteiger partial charge in [0.15, 0.2) is 0 Å². The van der Waals surface area contributed by atoms with Gasteiger partial charge in [0, 0.05) is 48.5 Å². The molecule has 1 aromatic heterocycles. The highest BCUT2D eigenvalue weighted by molar-refractivity contribution is 6.30. The molecule has 1 aliphatic rings. The van der Waals surface area contributed by atoms with Gasteiger partial charge in [-0.2, -0.15) is 5.10 Å². The molecule has 0 spiro atoms. The van der Waals surface area contributed by atoms with Crippen molar-refractivity contribution < 1.29 is 0 Å². The van der Waals surface area contributed by atoms with Crippen LogP contribution in [0.2, 0.25) is 5.02 Å². The summed E-state index contributed by atoms with van der Waals surface area (Å²) in [5, 5.41) is 8.96. The summed E-state index contributed by atoms with van der Waals surface area (Å²) < 4.78 is 2.02. The van der Waals surface area contributed by atoms with Crippen LogP contribution in [0.1, 0.15) is 23.9 Å². The highest BCUT2D eigenvalue weighted by Crippen LogP contribution is 2.21. The smallest absolute Gasteiger partial charge is 0.0649 e. The molecule has 23 heavy (non-hydrogen) atoms. The van der Waals surface area contributed by atoms with E-state index in [0.29, 0.717) is 6.04 Å². The number of nitrogens with one attached hydrogen (secondary N) is 1. The van der Waals surface area contributed by atoms with Crippen molar-refractivity contribution in [3.05, 3.63) is 46.2 Å². The summed E-state index contributed by atoms with van der Waals surface area (Å²) in [6.07, 6.45) is 0. The van der Waals surface area contributed by atoms with Gasteiger partial charge in [-0.05, 0) is 45.0 Å². The number of benzene rings is 1. The molecule has 1 atom stereocenters. The van der Waals surface area contributed by atoms with Crippen molar-refractivity contribution in [1.29, 1.82) is 0 Å². The summed E-state index contributed by atoms with van der Waals surface area (Å²) in [4.78, 5) is 2.50. The standard InChI is InChI=1S/C17H23ClN4.ClH/c1-12-10-21(9-8-19-12)11-17-13(2)20-22(14(17)3)16-6-4-15(18)5-7-16;/h4-7,12,19H,8-11H2,1-3H3;1H. The van der Waals surface area contributed by atoms with E-state index < -0.39 is 0 Å². The van der Waals surface area contributed by atoms with Crippen LogP contribution in [-0.4, -0.2) is 40.4 Å². The van der Waals surface area contributed by atoms with Crippen LogP contribution in [0.3, 0.4) is 0 Å². The molecule has 0 bridgehead atoms. The largest absolute Gasteiger partial charge is 0.312 e. The van der Waals surface area contributed by atoms with Crippen molar-refractivity contribution in [2.75, 3.05) is 19.6 Å². The van der Waals surface area contributed by atoms with Crippen LogP contribution in [0.15, 0.2) is 24.3 Å². The third-order valence-corrected chi connectivity index (χ3v) is 4.60. The van der Waals surface area contributed by atoms with Crippen molar-refractivity contribution in [3.8, 4) is 5.69 Å². The first-order valence-electron chi connectivity index (χ1n) is 7.81. The van der Waals surface area contributed by atoms with Crippen molar-refractivity contribution in [2.24, 2.45) is 0 Å². The van der Waals surface area contributed by atoms with E-state index in [9.17, 15) is 0 Å². The zero-order valence-electron chi connectivity index (χ0n) is 13.8. The fourth-order valence-electron chi connectivity index (χ4n) is 3.12. The molecule has 6 heteroatoms.